The number of hydrogen-bond acceptors (Lipinski definition) is 9. The molecule has 1 unspecified atom stereocenters. The monoisotopic (exact) mass is 539 g/mol. The maximum atomic E-state index is 15.0. The van der Waals surface area contributed by atoms with Crippen LogP contribution in [0.1, 0.15) is 18.4 Å². The molecule has 0 aliphatic carbocycles. The zero-order valence-electron chi connectivity index (χ0n) is 20.6. The number of ether oxygens (including phenoxy) is 2. The Balaban J connectivity index is 1.13. The molecule has 10 nitrogen and oxygen atoms in total. The van der Waals surface area contributed by atoms with E-state index in [0.29, 0.717) is 60.2 Å². The molecular formula is C26H26FN5O5S. The summed E-state index contributed by atoms with van der Waals surface area (Å²) in [5.74, 6) is 0.0232. The molecular weight excluding hydrogens is 513 g/mol. The molecule has 1 aromatic carbocycles. The fourth-order valence-corrected chi connectivity index (χ4v) is 6.08. The predicted octanol–water partition coefficient (Wildman–Crippen LogP) is 3.13. The third kappa shape index (κ3) is 4.52. The van der Waals surface area contributed by atoms with Gasteiger partial charge in [0, 0.05) is 41.8 Å². The van der Waals surface area contributed by atoms with Gasteiger partial charge in [-0.25, -0.2) is 14.2 Å². The number of carbonyl (C=O) groups is 2. The van der Waals surface area contributed by atoms with E-state index in [1.165, 1.54) is 18.9 Å². The Morgan fingerprint density at radius 3 is 2.87 bits per heavy atom. The number of nitrogens with zero attached hydrogens (tertiary/aromatic N) is 4. The standard InChI is InChI=1S/C26H26FN5O5S/c1-36-22-5-3-18-24(30-22)23(17(27)11-28-18)26(35)6-8-31(9-7-26)12-16-13-32(25(34)37-16)15-2-4-20-19(10-15)29-21(33)14-38-20/h2-5,10-11,16,35H,6-9,12-14H2,1H3,(H,29,33). The van der Waals surface area contributed by atoms with E-state index in [9.17, 15) is 19.1 Å². The van der Waals surface area contributed by atoms with E-state index < -0.39 is 17.5 Å². The van der Waals surface area contributed by atoms with Gasteiger partial charge in [0.25, 0.3) is 0 Å². The number of thioether (sulfide) groups is 1. The highest BCUT2D eigenvalue weighted by molar-refractivity contribution is 8.00. The van der Waals surface area contributed by atoms with Crippen molar-refractivity contribution in [3.63, 3.8) is 0 Å². The van der Waals surface area contributed by atoms with Crippen molar-refractivity contribution in [3.8, 4) is 5.88 Å². The number of nitrogens with one attached hydrogen (secondary N) is 1. The normalized spacial score (nSPS) is 21.2. The molecule has 12 heteroatoms. The number of benzene rings is 1. The van der Waals surface area contributed by atoms with Crippen molar-refractivity contribution in [1.82, 2.24) is 14.9 Å². The number of rotatable bonds is 5. The third-order valence-corrected chi connectivity index (χ3v) is 8.32. The van der Waals surface area contributed by atoms with E-state index in [0.717, 1.165) is 11.1 Å². The van der Waals surface area contributed by atoms with Crippen molar-refractivity contribution < 1.29 is 28.6 Å². The molecule has 38 heavy (non-hydrogen) atoms. The molecule has 0 spiro atoms. The van der Waals surface area contributed by atoms with Gasteiger partial charge in [0.05, 0.1) is 42.4 Å². The quantitative estimate of drug-likeness (QED) is 0.504. The van der Waals surface area contributed by atoms with Gasteiger partial charge in [-0.05, 0) is 37.1 Å². The average molecular weight is 540 g/mol. The minimum Gasteiger partial charge on any atom is -0.481 e. The van der Waals surface area contributed by atoms with Gasteiger partial charge in [0.1, 0.15) is 17.4 Å². The van der Waals surface area contributed by atoms with Crippen LogP contribution >= 0.6 is 11.8 Å². The summed E-state index contributed by atoms with van der Waals surface area (Å²) in [6.07, 6.45) is 0.887. The maximum absolute atomic E-state index is 15.0. The van der Waals surface area contributed by atoms with E-state index in [1.54, 1.807) is 23.1 Å². The van der Waals surface area contributed by atoms with E-state index in [4.69, 9.17) is 9.47 Å². The van der Waals surface area contributed by atoms with Crippen LogP contribution in [0.3, 0.4) is 0 Å². The molecule has 2 fully saturated rings. The Kier molecular flexibility index (Phi) is 6.33. The number of aromatic nitrogens is 2. The molecule has 6 rings (SSSR count). The number of halogens is 1. The van der Waals surface area contributed by atoms with Gasteiger partial charge < -0.3 is 19.9 Å². The molecule has 0 bridgehead atoms. The molecule has 198 valence electrons. The van der Waals surface area contributed by atoms with Crippen LogP contribution in [0.2, 0.25) is 0 Å². The molecule has 1 atom stereocenters. The number of methoxy groups -OCH3 is 1. The number of likely N-dealkylation sites (tertiary alicyclic amines) is 1. The number of cyclic esters (lactones) is 1. The van der Waals surface area contributed by atoms with Crippen LogP contribution in [0, 0.1) is 5.82 Å². The van der Waals surface area contributed by atoms with Gasteiger partial charge in [0.2, 0.25) is 11.8 Å². The summed E-state index contributed by atoms with van der Waals surface area (Å²) in [6, 6.07) is 8.88. The van der Waals surface area contributed by atoms with E-state index in [-0.39, 0.29) is 30.4 Å². The minimum atomic E-state index is -1.41. The Morgan fingerprint density at radius 1 is 1.26 bits per heavy atom. The molecule has 0 radical (unpaired) electrons. The van der Waals surface area contributed by atoms with Gasteiger partial charge in [-0.3, -0.25) is 19.6 Å². The van der Waals surface area contributed by atoms with Crippen molar-refractivity contribution in [1.29, 1.82) is 0 Å². The second kappa shape index (κ2) is 9.68. The van der Waals surface area contributed by atoms with Crippen LogP contribution in [-0.4, -0.2) is 77.1 Å². The van der Waals surface area contributed by atoms with Crippen molar-refractivity contribution in [2.24, 2.45) is 0 Å². The van der Waals surface area contributed by atoms with Crippen molar-refractivity contribution in [2.45, 2.75) is 29.4 Å². The summed E-state index contributed by atoms with van der Waals surface area (Å²) < 4.78 is 25.8. The summed E-state index contributed by atoms with van der Waals surface area (Å²) in [4.78, 5) is 37.5. The zero-order valence-corrected chi connectivity index (χ0v) is 21.5. The highest BCUT2D eigenvalue weighted by atomic mass is 32.2. The number of amides is 2. The molecule has 5 heterocycles. The number of aliphatic hydroxyl groups is 1. The zero-order chi connectivity index (χ0) is 26.4. The Morgan fingerprint density at radius 2 is 2.08 bits per heavy atom. The number of carbonyl (C=O) groups excluding carboxylic acids is 2. The molecule has 3 aromatic rings. The van der Waals surface area contributed by atoms with E-state index in [1.807, 2.05) is 12.1 Å². The minimum absolute atomic E-state index is 0.0684. The molecule has 3 aliphatic heterocycles. The molecule has 3 aliphatic rings. The second-order valence-corrected chi connectivity index (χ2v) is 10.7. The summed E-state index contributed by atoms with van der Waals surface area (Å²) >= 11 is 1.46. The van der Waals surface area contributed by atoms with Crippen LogP contribution in [0.5, 0.6) is 5.88 Å². The first-order chi connectivity index (χ1) is 18.3. The Labute approximate surface area is 222 Å². The van der Waals surface area contributed by atoms with Crippen LogP contribution in [0.25, 0.3) is 11.0 Å². The maximum Gasteiger partial charge on any atom is 0.414 e. The highest BCUT2D eigenvalue weighted by Crippen LogP contribution is 2.39. The first-order valence-corrected chi connectivity index (χ1v) is 13.3. The third-order valence-electron chi connectivity index (χ3n) is 7.24. The fourth-order valence-electron chi connectivity index (χ4n) is 5.29. The lowest BCUT2D eigenvalue weighted by molar-refractivity contribution is -0.113. The van der Waals surface area contributed by atoms with Gasteiger partial charge in [-0.15, -0.1) is 11.8 Å². The number of anilines is 2. The highest BCUT2D eigenvalue weighted by Gasteiger charge is 2.40. The molecule has 2 amide bonds. The topological polar surface area (TPSA) is 117 Å². The largest absolute Gasteiger partial charge is 0.481 e. The summed E-state index contributed by atoms with van der Waals surface area (Å²) in [7, 11) is 1.48. The first-order valence-electron chi connectivity index (χ1n) is 12.3. The summed E-state index contributed by atoms with van der Waals surface area (Å²) in [5, 5.41) is 14.4. The van der Waals surface area contributed by atoms with Gasteiger partial charge in [0.15, 0.2) is 0 Å². The van der Waals surface area contributed by atoms with Crippen LogP contribution < -0.4 is 15.0 Å². The smallest absolute Gasteiger partial charge is 0.414 e. The van der Waals surface area contributed by atoms with Crippen molar-refractivity contribution in [2.75, 3.05) is 49.3 Å². The van der Waals surface area contributed by atoms with Gasteiger partial charge in [-0.2, -0.15) is 0 Å². The number of hydrogen-bond donors (Lipinski definition) is 2. The van der Waals surface area contributed by atoms with Crippen LogP contribution in [-0.2, 0) is 15.1 Å². The van der Waals surface area contributed by atoms with E-state index >= 15 is 0 Å². The first kappa shape index (κ1) is 24.8. The number of piperidine rings is 1. The van der Waals surface area contributed by atoms with Crippen LogP contribution in [0.4, 0.5) is 20.6 Å². The SMILES string of the molecule is COc1ccc2ncc(F)c(C3(O)CCN(CC4CN(c5ccc6c(c5)NC(=O)CS6)C(=O)O4)CC3)c2n1. The lowest BCUT2D eigenvalue weighted by Crippen LogP contribution is -2.46. The lowest BCUT2D eigenvalue weighted by atomic mass is 9.83. The summed E-state index contributed by atoms with van der Waals surface area (Å²) in [5.41, 5.74) is 0.854. The molecule has 0 saturated carbocycles. The van der Waals surface area contributed by atoms with Crippen molar-refractivity contribution in [3.05, 3.63) is 47.9 Å². The molecule has 2 N–H and O–H groups in total. The number of fused-ring (bicyclic) bond motifs is 2. The Bertz CT molecular complexity index is 1430. The van der Waals surface area contributed by atoms with Gasteiger partial charge in [-0.1, -0.05) is 0 Å². The molecule has 2 saturated heterocycles. The summed E-state index contributed by atoms with van der Waals surface area (Å²) in [6.45, 7) is 1.83. The average Bonchev–Trinajstić information content (AvgIpc) is 3.28. The van der Waals surface area contributed by atoms with Crippen molar-refractivity contribution >= 4 is 46.2 Å². The lowest BCUT2D eigenvalue weighted by Gasteiger charge is -2.39. The Hall–Kier alpha value is -3.48. The number of pyridine rings is 2. The predicted molar refractivity (Wildman–Crippen MR) is 139 cm³/mol. The van der Waals surface area contributed by atoms with E-state index in [2.05, 4.69) is 20.2 Å². The van der Waals surface area contributed by atoms with Gasteiger partial charge >= 0.3 is 6.09 Å². The fraction of sp³-hybridized carbons (Fsp3) is 0.385. The molecule has 2 aromatic heterocycles. The second-order valence-electron chi connectivity index (χ2n) is 9.67. The van der Waals surface area contributed by atoms with Crippen LogP contribution in [0.15, 0.2) is 41.4 Å².